The molecule has 1 aliphatic rings. The molecule has 0 aliphatic carbocycles. The second-order valence-electron chi connectivity index (χ2n) is 6.83. The number of nitriles is 1. The third-order valence-corrected chi connectivity index (χ3v) is 4.91. The lowest BCUT2D eigenvalue weighted by atomic mass is 10.1. The van der Waals surface area contributed by atoms with Gasteiger partial charge in [-0.15, -0.1) is 0 Å². The van der Waals surface area contributed by atoms with E-state index in [1.54, 1.807) is 17.0 Å². The summed E-state index contributed by atoms with van der Waals surface area (Å²) in [4.78, 5) is 14.7. The molecule has 4 rings (SSSR count). The largest absolute Gasteiger partial charge is 0.508 e. The van der Waals surface area contributed by atoms with Crippen molar-refractivity contribution in [3.63, 3.8) is 0 Å². The smallest absolute Gasteiger partial charge is 0.262 e. The lowest BCUT2D eigenvalue weighted by Gasteiger charge is -2.19. The van der Waals surface area contributed by atoms with E-state index in [-0.39, 0.29) is 36.0 Å². The van der Waals surface area contributed by atoms with Crippen molar-refractivity contribution in [3.8, 4) is 23.3 Å². The zero-order chi connectivity index (χ0) is 20.4. The van der Waals surface area contributed by atoms with Crippen molar-refractivity contribution < 1.29 is 19.7 Å². The van der Waals surface area contributed by atoms with Gasteiger partial charge in [-0.3, -0.25) is 4.79 Å². The Kier molecular flexibility index (Phi) is 4.80. The zero-order valence-corrected chi connectivity index (χ0v) is 15.5. The van der Waals surface area contributed by atoms with Gasteiger partial charge in [0.15, 0.2) is 0 Å². The number of phenolic OH excluding ortho intramolecular Hbond substituents is 2. The first-order valence-electron chi connectivity index (χ1n) is 9.09. The van der Waals surface area contributed by atoms with E-state index in [0.717, 1.165) is 22.8 Å². The molecule has 1 heterocycles. The summed E-state index contributed by atoms with van der Waals surface area (Å²) < 4.78 is 5.77. The Labute approximate surface area is 167 Å². The van der Waals surface area contributed by atoms with Crippen molar-refractivity contribution in [1.82, 2.24) is 4.90 Å². The van der Waals surface area contributed by atoms with Crippen LogP contribution in [0.1, 0.15) is 32.6 Å². The number of benzene rings is 3. The number of hydrogen-bond donors (Lipinski definition) is 2. The van der Waals surface area contributed by atoms with E-state index in [0.29, 0.717) is 12.1 Å². The van der Waals surface area contributed by atoms with E-state index >= 15 is 0 Å². The maximum Gasteiger partial charge on any atom is 0.262 e. The van der Waals surface area contributed by atoms with Crippen LogP contribution in [0.4, 0.5) is 0 Å². The second-order valence-corrected chi connectivity index (χ2v) is 6.83. The van der Waals surface area contributed by atoms with E-state index in [1.807, 2.05) is 36.4 Å². The monoisotopic (exact) mass is 386 g/mol. The fourth-order valence-corrected chi connectivity index (χ4v) is 3.48. The summed E-state index contributed by atoms with van der Waals surface area (Å²) in [6.07, 6.45) is 0. The van der Waals surface area contributed by atoms with Crippen LogP contribution in [0.2, 0.25) is 0 Å². The van der Waals surface area contributed by atoms with Gasteiger partial charge in [0.25, 0.3) is 5.91 Å². The minimum absolute atomic E-state index is 0.00922. The number of hydrogen-bond acceptors (Lipinski definition) is 5. The first kappa shape index (κ1) is 18.4. The number of nitrogens with zero attached hydrogens (tertiary/aromatic N) is 2. The fraction of sp³-hybridized carbons (Fsp3) is 0.130. The molecule has 0 aromatic heterocycles. The van der Waals surface area contributed by atoms with Crippen LogP contribution in [0, 0.1) is 11.3 Å². The number of carbonyl (C=O) groups excluding carboxylic acids is 1. The van der Waals surface area contributed by atoms with Crippen LogP contribution < -0.4 is 4.74 Å². The molecular formula is C23H18N2O4. The lowest BCUT2D eigenvalue weighted by Crippen LogP contribution is -2.26. The Morgan fingerprint density at radius 3 is 2.62 bits per heavy atom. The molecule has 0 atom stereocenters. The molecule has 3 aromatic carbocycles. The third kappa shape index (κ3) is 3.58. The molecule has 29 heavy (non-hydrogen) atoms. The van der Waals surface area contributed by atoms with Gasteiger partial charge in [0.2, 0.25) is 0 Å². The van der Waals surface area contributed by atoms with Crippen molar-refractivity contribution in [1.29, 1.82) is 5.26 Å². The molecule has 1 aliphatic heterocycles. The van der Waals surface area contributed by atoms with E-state index < -0.39 is 5.91 Å². The van der Waals surface area contributed by atoms with Crippen LogP contribution in [0.5, 0.6) is 17.2 Å². The highest BCUT2D eigenvalue weighted by molar-refractivity contribution is 6.00. The quantitative estimate of drug-likeness (QED) is 0.713. The summed E-state index contributed by atoms with van der Waals surface area (Å²) in [7, 11) is 0. The maximum absolute atomic E-state index is 13.2. The van der Waals surface area contributed by atoms with E-state index in [4.69, 9.17) is 4.74 Å². The van der Waals surface area contributed by atoms with Gasteiger partial charge >= 0.3 is 0 Å². The molecule has 6 nitrogen and oxygen atoms in total. The van der Waals surface area contributed by atoms with Gasteiger partial charge in [0, 0.05) is 25.2 Å². The van der Waals surface area contributed by atoms with Crippen LogP contribution in [0.3, 0.4) is 0 Å². The van der Waals surface area contributed by atoms with Gasteiger partial charge in [-0.2, -0.15) is 5.26 Å². The van der Waals surface area contributed by atoms with Crippen molar-refractivity contribution in [2.75, 3.05) is 0 Å². The van der Waals surface area contributed by atoms with Gasteiger partial charge in [0.1, 0.15) is 29.4 Å². The number of rotatable bonds is 4. The minimum atomic E-state index is -0.425. The van der Waals surface area contributed by atoms with Gasteiger partial charge in [-0.1, -0.05) is 42.5 Å². The fourth-order valence-electron chi connectivity index (χ4n) is 3.48. The number of fused-ring (bicyclic) bond motifs is 1. The van der Waals surface area contributed by atoms with Crippen LogP contribution in [-0.2, 0) is 19.7 Å². The summed E-state index contributed by atoms with van der Waals surface area (Å²) in [5.74, 6) is -0.869. The van der Waals surface area contributed by atoms with Gasteiger partial charge in [0.05, 0.1) is 11.6 Å². The number of amides is 1. The van der Waals surface area contributed by atoms with Crippen LogP contribution >= 0.6 is 0 Å². The van der Waals surface area contributed by atoms with Gasteiger partial charge in [-0.25, -0.2) is 0 Å². The summed E-state index contributed by atoms with van der Waals surface area (Å²) in [6.45, 7) is 0.793. The molecule has 3 aromatic rings. The molecule has 1 amide bonds. The molecule has 144 valence electrons. The number of aromatic hydroxyl groups is 2. The molecule has 0 bridgehead atoms. The Bertz CT molecular complexity index is 1120. The molecule has 0 unspecified atom stereocenters. The molecule has 2 N–H and O–H groups in total. The Morgan fingerprint density at radius 2 is 1.86 bits per heavy atom. The molecule has 0 radical (unpaired) electrons. The van der Waals surface area contributed by atoms with Crippen molar-refractivity contribution in [2.45, 2.75) is 19.7 Å². The summed E-state index contributed by atoms with van der Waals surface area (Å²) in [5, 5.41) is 29.5. The van der Waals surface area contributed by atoms with Crippen molar-refractivity contribution in [2.24, 2.45) is 0 Å². The summed E-state index contributed by atoms with van der Waals surface area (Å²) in [6, 6.07) is 19.4. The average molecular weight is 386 g/mol. The Hall–Kier alpha value is -3.98. The summed E-state index contributed by atoms with van der Waals surface area (Å²) >= 11 is 0. The topological polar surface area (TPSA) is 93.8 Å². The van der Waals surface area contributed by atoms with Crippen molar-refractivity contribution in [3.05, 3.63) is 88.5 Å². The van der Waals surface area contributed by atoms with Crippen LogP contribution in [0.15, 0.2) is 60.7 Å². The van der Waals surface area contributed by atoms with Crippen LogP contribution in [-0.4, -0.2) is 21.0 Å². The molecule has 0 spiro atoms. The van der Waals surface area contributed by atoms with Gasteiger partial charge < -0.3 is 19.8 Å². The van der Waals surface area contributed by atoms with Gasteiger partial charge in [-0.05, 0) is 22.8 Å². The van der Waals surface area contributed by atoms with E-state index in [2.05, 4.69) is 6.07 Å². The maximum atomic E-state index is 13.2. The zero-order valence-electron chi connectivity index (χ0n) is 15.5. The Morgan fingerprint density at radius 1 is 1.07 bits per heavy atom. The highest BCUT2D eigenvalue weighted by Crippen LogP contribution is 2.36. The Balaban J connectivity index is 1.63. The predicted molar refractivity (Wildman–Crippen MR) is 105 cm³/mol. The number of carbonyl (C=O) groups is 1. The average Bonchev–Trinajstić information content (AvgIpc) is 3.16. The first-order chi connectivity index (χ1) is 14.1. The first-order valence-corrected chi connectivity index (χ1v) is 9.09. The molecule has 0 saturated carbocycles. The number of phenols is 2. The van der Waals surface area contributed by atoms with E-state index in [9.17, 15) is 20.3 Å². The standard InChI is InChI=1S/C23H18N2O4/c24-11-16-7-4-8-17-12-25(13-19(16)17)23(28)22-20(27)9-18(26)10-21(22)29-14-15-5-2-1-3-6-15/h1-10,26-27H,12-14H2. The lowest BCUT2D eigenvalue weighted by molar-refractivity contribution is 0.0743. The second kappa shape index (κ2) is 7.56. The van der Waals surface area contributed by atoms with Crippen molar-refractivity contribution >= 4 is 5.91 Å². The summed E-state index contributed by atoms with van der Waals surface area (Å²) in [5.41, 5.74) is 3.13. The van der Waals surface area contributed by atoms with E-state index in [1.165, 1.54) is 6.07 Å². The molecular weight excluding hydrogens is 368 g/mol. The predicted octanol–water partition coefficient (Wildman–Crippen LogP) is 3.70. The molecule has 0 saturated heterocycles. The van der Waals surface area contributed by atoms with Crippen LogP contribution in [0.25, 0.3) is 0 Å². The number of ether oxygens (including phenoxy) is 1. The molecule has 6 heteroatoms. The molecule has 0 fully saturated rings. The highest BCUT2D eigenvalue weighted by atomic mass is 16.5. The third-order valence-electron chi connectivity index (χ3n) is 4.91. The SMILES string of the molecule is N#Cc1cccc2c1CN(C(=O)c1c(O)cc(O)cc1OCc1ccccc1)C2. The minimum Gasteiger partial charge on any atom is -0.508 e. The normalized spacial score (nSPS) is 12.3. The highest BCUT2D eigenvalue weighted by Gasteiger charge is 2.30.